The molecule has 1 aromatic rings. The molecular weight excluding hydrogens is 218 g/mol. The zero-order chi connectivity index (χ0) is 12.4. The van der Waals surface area contributed by atoms with Crippen LogP contribution in [0.25, 0.3) is 0 Å². The van der Waals surface area contributed by atoms with Crippen LogP contribution in [0, 0.1) is 0 Å². The predicted molar refractivity (Wildman–Crippen MR) is 64.7 cm³/mol. The summed E-state index contributed by atoms with van der Waals surface area (Å²) in [6.07, 6.45) is 1.14. The van der Waals surface area contributed by atoms with Crippen LogP contribution in [0.15, 0.2) is 18.3 Å². The third-order valence-electron chi connectivity index (χ3n) is 3.05. The summed E-state index contributed by atoms with van der Waals surface area (Å²) in [6.45, 7) is 4.96. The van der Waals surface area contributed by atoms with Crippen LogP contribution >= 0.6 is 0 Å². The van der Waals surface area contributed by atoms with Gasteiger partial charge < -0.3 is 15.3 Å². The number of carbonyl (C=O) groups excluding carboxylic acids is 1. The van der Waals surface area contributed by atoms with Gasteiger partial charge in [-0.25, -0.2) is 4.98 Å². The van der Waals surface area contributed by atoms with Crippen molar-refractivity contribution in [3.63, 3.8) is 0 Å². The Morgan fingerprint density at radius 2 is 2.35 bits per heavy atom. The zero-order valence-electron chi connectivity index (χ0n) is 10.1. The minimum atomic E-state index is -0.515. The fourth-order valence-electron chi connectivity index (χ4n) is 1.91. The summed E-state index contributed by atoms with van der Waals surface area (Å²) in [4.78, 5) is 17.8. The number of aliphatic hydroxyl groups is 1. The van der Waals surface area contributed by atoms with Crippen LogP contribution in [-0.2, 0) is 4.79 Å². The molecule has 0 aromatic carbocycles. The number of nitrogens with zero attached hydrogens (tertiary/aromatic N) is 2. The normalized spacial score (nSPS) is 22.2. The van der Waals surface area contributed by atoms with Crippen molar-refractivity contribution in [2.75, 3.05) is 18.0 Å². The van der Waals surface area contributed by atoms with E-state index in [-0.39, 0.29) is 11.9 Å². The molecular formula is C12H17N3O2. The van der Waals surface area contributed by atoms with Crippen molar-refractivity contribution in [1.29, 1.82) is 0 Å². The summed E-state index contributed by atoms with van der Waals surface area (Å²) in [7, 11) is 0. The smallest absolute Gasteiger partial charge is 0.242 e. The zero-order valence-corrected chi connectivity index (χ0v) is 10.1. The Kier molecular flexibility index (Phi) is 3.28. The van der Waals surface area contributed by atoms with Crippen LogP contribution in [0.3, 0.4) is 0 Å². The Hall–Kier alpha value is -1.62. The first-order valence-corrected chi connectivity index (χ1v) is 5.78. The lowest BCUT2D eigenvalue weighted by Crippen LogP contribution is -2.54. The Bertz CT molecular complexity index is 403. The summed E-state index contributed by atoms with van der Waals surface area (Å²) < 4.78 is 0. The van der Waals surface area contributed by atoms with E-state index in [0.717, 1.165) is 17.9 Å². The number of hydrogen-bond donors (Lipinski definition) is 2. The van der Waals surface area contributed by atoms with Crippen molar-refractivity contribution in [2.45, 2.75) is 26.0 Å². The van der Waals surface area contributed by atoms with Gasteiger partial charge in [0, 0.05) is 19.3 Å². The molecule has 2 N–H and O–H groups in total. The lowest BCUT2D eigenvalue weighted by molar-refractivity contribution is -0.122. The van der Waals surface area contributed by atoms with Crippen molar-refractivity contribution in [1.82, 2.24) is 10.3 Å². The van der Waals surface area contributed by atoms with Crippen molar-refractivity contribution in [3.8, 4) is 0 Å². The average molecular weight is 235 g/mol. The third kappa shape index (κ3) is 2.39. The predicted octanol–water partition coefficient (Wildman–Crippen LogP) is 0.460. The van der Waals surface area contributed by atoms with Crippen LogP contribution < -0.4 is 10.2 Å². The van der Waals surface area contributed by atoms with Crippen molar-refractivity contribution in [3.05, 3.63) is 23.9 Å². The first kappa shape index (κ1) is 11.9. The highest BCUT2D eigenvalue weighted by molar-refractivity contribution is 5.85. The molecule has 5 heteroatoms. The number of carbonyl (C=O) groups is 1. The summed E-state index contributed by atoms with van der Waals surface area (Å²) in [6, 6.07) is 3.48. The van der Waals surface area contributed by atoms with E-state index in [4.69, 9.17) is 0 Å². The van der Waals surface area contributed by atoms with Crippen LogP contribution in [-0.4, -0.2) is 35.1 Å². The van der Waals surface area contributed by atoms with E-state index < -0.39 is 6.10 Å². The molecule has 1 unspecified atom stereocenters. The molecule has 2 heterocycles. The standard InChI is InChI=1S/C12H17N3O2/c1-8-12(17)13-5-6-15(8)11-4-3-10(7-14-11)9(2)16/h3-4,7-9,16H,5-6H2,1-2H3,(H,13,17)/t8?,9-/m0/s1. The van der Waals surface area contributed by atoms with E-state index in [1.54, 1.807) is 13.1 Å². The first-order valence-electron chi connectivity index (χ1n) is 5.78. The molecule has 0 spiro atoms. The number of hydrogen-bond acceptors (Lipinski definition) is 4. The molecule has 17 heavy (non-hydrogen) atoms. The second kappa shape index (κ2) is 4.71. The number of rotatable bonds is 2. The third-order valence-corrected chi connectivity index (χ3v) is 3.05. The minimum Gasteiger partial charge on any atom is -0.389 e. The summed E-state index contributed by atoms with van der Waals surface area (Å²) in [5.41, 5.74) is 0.780. The molecule has 1 aromatic heterocycles. The lowest BCUT2D eigenvalue weighted by atomic mass is 10.1. The average Bonchev–Trinajstić information content (AvgIpc) is 2.33. The topological polar surface area (TPSA) is 65.5 Å². The van der Waals surface area contributed by atoms with Gasteiger partial charge in [0.15, 0.2) is 0 Å². The molecule has 0 radical (unpaired) electrons. The fraction of sp³-hybridized carbons (Fsp3) is 0.500. The second-order valence-electron chi connectivity index (χ2n) is 4.29. The van der Waals surface area contributed by atoms with Crippen LogP contribution in [0.1, 0.15) is 25.5 Å². The molecule has 92 valence electrons. The monoisotopic (exact) mass is 235 g/mol. The Labute approximate surface area is 100 Å². The second-order valence-corrected chi connectivity index (χ2v) is 4.29. The van der Waals surface area contributed by atoms with Crippen LogP contribution in [0.4, 0.5) is 5.82 Å². The number of pyridine rings is 1. The van der Waals surface area contributed by atoms with Crippen molar-refractivity contribution < 1.29 is 9.90 Å². The number of piperazine rings is 1. The van der Waals surface area contributed by atoms with E-state index >= 15 is 0 Å². The lowest BCUT2D eigenvalue weighted by Gasteiger charge is -2.33. The number of amides is 1. The molecule has 1 aliphatic rings. The van der Waals surface area contributed by atoms with Crippen molar-refractivity contribution >= 4 is 11.7 Å². The summed E-state index contributed by atoms with van der Waals surface area (Å²) >= 11 is 0. The number of aromatic nitrogens is 1. The molecule has 0 saturated carbocycles. The molecule has 0 bridgehead atoms. The quantitative estimate of drug-likeness (QED) is 0.781. The number of anilines is 1. The van der Waals surface area contributed by atoms with Gasteiger partial charge in [-0.3, -0.25) is 4.79 Å². The summed E-state index contributed by atoms with van der Waals surface area (Å²) in [5.74, 6) is 0.800. The van der Waals surface area contributed by atoms with Gasteiger partial charge in [0.1, 0.15) is 11.9 Å². The Balaban J connectivity index is 2.19. The van der Waals surface area contributed by atoms with Gasteiger partial charge in [-0.05, 0) is 25.5 Å². The van der Waals surface area contributed by atoms with E-state index in [2.05, 4.69) is 10.3 Å². The molecule has 1 fully saturated rings. The molecule has 2 rings (SSSR count). The molecule has 1 aliphatic heterocycles. The largest absolute Gasteiger partial charge is 0.389 e. The maximum atomic E-state index is 11.5. The van der Waals surface area contributed by atoms with Crippen LogP contribution in [0.2, 0.25) is 0 Å². The highest BCUT2D eigenvalue weighted by Crippen LogP contribution is 2.18. The minimum absolute atomic E-state index is 0.0256. The number of nitrogens with one attached hydrogen (secondary N) is 1. The van der Waals surface area contributed by atoms with Gasteiger partial charge in [0.25, 0.3) is 0 Å². The van der Waals surface area contributed by atoms with E-state index in [9.17, 15) is 9.90 Å². The first-order chi connectivity index (χ1) is 8.09. The number of aliphatic hydroxyl groups excluding tert-OH is 1. The van der Waals surface area contributed by atoms with Gasteiger partial charge in [0.05, 0.1) is 6.10 Å². The van der Waals surface area contributed by atoms with E-state index in [0.29, 0.717) is 6.54 Å². The molecule has 1 amide bonds. The van der Waals surface area contributed by atoms with Crippen LogP contribution in [0.5, 0.6) is 0 Å². The maximum absolute atomic E-state index is 11.5. The van der Waals surface area contributed by atoms with Gasteiger partial charge in [-0.1, -0.05) is 6.07 Å². The molecule has 0 aliphatic carbocycles. The maximum Gasteiger partial charge on any atom is 0.242 e. The fourth-order valence-corrected chi connectivity index (χ4v) is 1.91. The summed E-state index contributed by atoms with van der Waals surface area (Å²) in [5, 5.41) is 12.2. The van der Waals surface area contributed by atoms with Crippen molar-refractivity contribution in [2.24, 2.45) is 0 Å². The van der Waals surface area contributed by atoms with E-state index in [1.807, 2.05) is 24.0 Å². The van der Waals surface area contributed by atoms with Gasteiger partial charge >= 0.3 is 0 Å². The molecule has 5 nitrogen and oxygen atoms in total. The Morgan fingerprint density at radius 3 is 2.94 bits per heavy atom. The Morgan fingerprint density at radius 1 is 1.59 bits per heavy atom. The molecule has 1 saturated heterocycles. The van der Waals surface area contributed by atoms with E-state index in [1.165, 1.54) is 0 Å². The highest BCUT2D eigenvalue weighted by Gasteiger charge is 2.26. The van der Waals surface area contributed by atoms with Gasteiger partial charge in [-0.2, -0.15) is 0 Å². The van der Waals surface area contributed by atoms with Gasteiger partial charge in [-0.15, -0.1) is 0 Å². The molecule has 2 atom stereocenters. The highest BCUT2D eigenvalue weighted by atomic mass is 16.3. The van der Waals surface area contributed by atoms with Gasteiger partial charge in [0.2, 0.25) is 5.91 Å². The SMILES string of the molecule is CC1C(=O)NCCN1c1ccc([C@H](C)O)cn1.